The van der Waals surface area contributed by atoms with E-state index in [1.54, 1.807) is 6.82 Å². The zero-order valence-corrected chi connectivity index (χ0v) is 17.6. The molecule has 0 aromatic heterocycles. The second-order valence-corrected chi connectivity index (χ2v) is 8.38. The van der Waals surface area contributed by atoms with Crippen molar-refractivity contribution in [3.63, 3.8) is 0 Å². The lowest BCUT2D eigenvalue weighted by Gasteiger charge is -2.11. The number of aryl methyl sites for hydroxylation is 1. The van der Waals surface area contributed by atoms with Crippen molar-refractivity contribution in [3.05, 3.63) is 71.3 Å². The molecule has 1 unspecified atom stereocenters. The highest BCUT2D eigenvalue weighted by molar-refractivity contribution is 14.1. The number of rotatable bonds is 10. The van der Waals surface area contributed by atoms with Gasteiger partial charge in [-0.2, -0.15) is 0 Å². The number of Topliss-reactive ketones (excluding diaryl/α,β-unsaturated/α-hetero) is 1. The molecule has 0 heterocycles. The second kappa shape index (κ2) is 11.2. The third-order valence-corrected chi connectivity index (χ3v) is 4.39. The normalized spacial score (nSPS) is 11.7. The fourth-order valence-electron chi connectivity index (χ4n) is 2.81. The van der Waals surface area contributed by atoms with Crippen LogP contribution in [0.25, 0.3) is 0 Å². The van der Waals surface area contributed by atoms with E-state index in [0.29, 0.717) is 12.8 Å². The van der Waals surface area contributed by atoms with Crippen molar-refractivity contribution in [1.29, 1.82) is 0 Å². The van der Waals surface area contributed by atoms with Crippen LogP contribution < -0.4 is 0 Å². The van der Waals surface area contributed by atoms with Crippen molar-refractivity contribution in [2.24, 2.45) is 0 Å². The van der Waals surface area contributed by atoms with Gasteiger partial charge in [0, 0.05) is 6.42 Å². The Morgan fingerprint density at radius 1 is 1.04 bits per heavy atom. The average Bonchev–Trinajstić information content (AvgIpc) is 2.61. The minimum Gasteiger partial charge on any atom is -0.525 e. The zero-order chi connectivity index (χ0) is 19.6. The largest absolute Gasteiger partial charge is 0.525 e. The topological polar surface area (TPSA) is 63.6 Å². The van der Waals surface area contributed by atoms with Gasteiger partial charge in [-0.25, -0.2) is 0 Å². The molecule has 2 aromatic rings. The number of carbonyl (C=O) groups is 2. The molecular weight excluding hydrogens is 454 g/mol. The molecule has 0 saturated heterocycles. The minimum absolute atomic E-state index is 0.0170. The lowest BCUT2D eigenvalue weighted by molar-refractivity contribution is -0.138. The Balaban J connectivity index is 1.74. The predicted octanol–water partition coefficient (Wildman–Crippen LogP) is 4.02. The van der Waals surface area contributed by atoms with Crippen molar-refractivity contribution in [3.8, 4) is 0 Å². The van der Waals surface area contributed by atoms with Gasteiger partial charge in [-0.1, -0.05) is 77.0 Å². The van der Waals surface area contributed by atoms with Gasteiger partial charge >= 0.3 is 4.77 Å². The first kappa shape index (κ1) is 21.6. The summed E-state index contributed by atoms with van der Waals surface area (Å²) in [4.78, 5) is 23.3. The Morgan fingerprint density at radius 2 is 1.63 bits per heavy atom. The summed E-state index contributed by atoms with van der Waals surface area (Å²) >= 11 is 1.95. The fourth-order valence-corrected chi connectivity index (χ4v) is 3.09. The summed E-state index contributed by atoms with van der Waals surface area (Å²) in [5.41, 5.74) is 3.63. The maximum absolute atomic E-state index is 11.8. The Kier molecular flexibility index (Phi) is 9.01. The molecule has 0 amide bonds. The number of benzene rings is 2. The van der Waals surface area contributed by atoms with Crippen LogP contribution in [0.3, 0.4) is 0 Å². The molecular formula is C21H24BIO4. The van der Waals surface area contributed by atoms with Crippen molar-refractivity contribution in [1.82, 2.24) is 0 Å². The fraction of sp³-hybridized carbons (Fsp3) is 0.333. The van der Waals surface area contributed by atoms with Crippen LogP contribution in [0.5, 0.6) is 0 Å². The Labute approximate surface area is 174 Å². The summed E-state index contributed by atoms with van der Waals surface area (Å²) in [6.07, 6.45) is 1.03. The molecule has 142 valence electrons. The lowest BCUT2D eigenvalue weighted by Crippen LogP contribution is -2.20. The van der Waals surface area contributed by atoms with Gasteiger partial charge in [0.05, 0.1) is 6.10 Å². The first-order valence-corrected chi connectivity index (χ1v) is 10.3. The zero-order valence-electron chi connectivity index (χ0n) is 15.4. The Hall–Kier alpha value is -1.67. The molecule has 0 saturated carbocycles. The molecule has 4 nitrogen and oxygen atoms in total. The van der Waals surface area contributed by atoms with Crippen LogP contribution in [0.1, 0.15) is 36.0 Å². The number of hydrogen-bond acceptors (Lipinski definition) is 4. The first-order valence-electron chi connectivity index (χ1n) is 9.07. The summed E-state index contributed by atoms with van der Waals surface area (Å²) in [7, 11) is 0. The van der Waals surface area contributed by atoms with E-state index in [4.69, 9.17) is 4.65 Å². The Morgan fingerprint density at radius 3 is 2.26 bits per heavy atom. The van der Waals surface area contributed by atoms with Gasteiger partial charge in [0.15, 0.2) is 0 Å². The summed E-state index contributed by atoms with van der Waals surface area (Å²) in [6.45, 7) is 1.73. The number of carbonyl (C=O) groups excluding carboxylic acids is 2. The molecule has 27 heavy (non-hydrogen) atoms. The number of ketones is 1. The van der Waals surface area contributed by atoms with E-state index in [-0.39, 0.29) is 23.4 Å². The van der Waals surface area contributed by atoms with E-state index < -0.39 is 12.1 Å². The molecule has 0 aliphatic carbocycles. The van der Waals surface area contributed by atoms with Gasteiger partial charge in [-0.15, -0.1) is 0 Å². The van der Waals surface area contributed by atoms with Crippen LogP contribution in [-0.2, 0) is 27.1 Å². The number of hydrogen-bond donors (Lipinski definition) is 1. The van der Waals surface area contributed by atoms with Crippen LogP contribution in [-0.4, -0.2) is 27.7 Å². The quantitative estimate of drug-likeness (QED) is 0.319. The SMILES string of the molecule is CB(I)OC(=O)CC(=O)CC(O)CCc1ccc(Cc2ccccc2)cc1. The van der Waals surface area contributed by atoms with Crippen molar-refractivity contribution in [2.75, 3.05) is 0 Å². The number of halogens is 1. The third kappa shape index (κ3) is 8.71. The number of aliphatic hydroxyl groups excluding tert-OH is 1. The molecule has 0 aliphatic heterocycles. The highest BCUT2D eigenvalue weighted by Gasteiger charge is 2.17. The van der Waals surface area contributed by atoms with Crippen LogP contribution in [0.15, 0.2) is 54.6 Å². The highest BCUT2D eigenvalue weighted by Crippen LogP contribution is 2.13. The molecule has 1 atom stereocenters. The summed E-state index contributed by atoms with van der Waals surface area (Å²) in [5.74, 6) is -0.828. The van der Waals surface area contributed by atoms with Gasteiger partial charge in [0.1, 0.15) is 12.2 Å². The molecule has 0 aliphatic rings. The van der Waals surface area contributed by atoms with Gasteiger partial charge in [-0.05, 0) is 42.8 Å². The van der Waals surface area contributed by atoms with E-state index in [0.717, 1.165) is 12.0 Å². The maximum Gasteiger partial charge on any atom is 0.428 e. The van der Waals surface area contributed by atoms with Gasteiger partial charge < -0.3 is 9.76 Å². The van der Waals surface area contributed by atoms with Gasteiger partial charge in [0.2, 0.25) is 0 Å². The van der Waals surface area contributed by atoms with Crippen molar-refractivity contribution >= 4 is 38.9 Å². The molecule has 6 heteroatoms. The monoisotopic (exact) mass is 478 g/mol. The van der Waals surface area contributed by atoms with Gasteiger partial charge in [-0.3, -0.25) is 9.59 Å². The van der Waals surface area contributed by atoms with E-state index in [1.807, 2.05) is 40.6 Å². The second-order valence-electron chi connectivity index (χ2n) is 6.62. The molecule has 0 bridgehead atoms. The maximum atomic E-state index is 11.8. The molecule has 0 fully saturated rings. The highest BCUT2D eigenvalue weighted by atomic mass is 127. The summed E-state index contributed by atoms with van der Waals surface area (Å²) in [5, 5.41) is 10.1. The molecule has 2 aromatic carbocycles. The van der Waals surface area contributed by atoms with E-state index in [1.165, 1.54) is 11.1 Å². The summed E-state index contributed by atoms with van der Waals surface area (Å²) in [6, 6.07) is 18.6. The molecule has 0 radical (unpaired) electrons. The average molecular weight is 478 g/mol. The predicted molar refractivity (Wildman–Crippen MR) is 116 cm³/mol. The van der Waals surface area contributed by atoms with Crippen LogP contribution in [0.4, 0.5) is 0 Å². The molecule has 2 rings (SSSR count). The van der Waals surface area contributed by atoms with E-state index >= 15 is 0 Å². The minimum atomic E-state index is -0.744. The lowest BCUT2D eigenvalue weighted by atomic mass is 9.99. The van der Waals surface area contributed by atoms with Crippen LogP contribution in [0.2, 0.25) is 6.82 Å². The number of aliphatic hydroxyl groups is 1. The standard InChI is InChI=1S/C21H24BIO4/c1-22(23)27-21(26)15-20(25)14-19(24)12-11-16-7-9-18(10-8-16)13-17-5-3-2-4-6-17/h2-10,19,24H,11-15H2,1H3. The van der Waals surface area contributed by atoms with Crippen LogP contribution >= 0.6 is 22.4 Å². The van der Waals surface area contributed by atoms with Gasteiger partial charge in [0.25, 0.3) is 5.97 Å². The molecule has 0 spiro atoms. The first-order chi connectivity index (χ1) is 12.9. The summed E-state index contributed by atoms with van der Waals surface area (Å²) < 4.78 is 4.66. The van der Waals surface area contributed by atoms with Crippen molar-refractivity contribution in [2.45, 2.75) is 45.0 Å². The Bertz CT molecular complexity index is 732. The van der Waals surface area contributed by atoms with E-state index in [9.17, 15) is 14.7 Å². The van der Waals surface area contributed by atoms with Crippen molar-refractivity contribution < 1.29 is 19.3 Å². The van der Waals surface area contributed by atoms with Crippen LogP contribution in [0, 0.1) is 0 Å². The molecule has 1 N–H and O–H groups in total. The van der Waals surface area contributed by atoms with E-state index in [2.05, 4.69) is 36.4 Å². The smallest absolute Gasteiger partial charge is 0.428 e. The third-order valence-electron chi connectivity index (χ3n) is 4.14.